The van der Waals surface area contributed by atoms with E-state index in [4.69, 9.17) is 10.2 Å². The van der Waals surface area contributed by atoms with Gasteiger partial charge in [0.25, 0.3) is 0 Å². The van der Waals surface area contributed by atoms with Crippen LogP contribution >= 0.6 is 0 Å². The highest BCUT2D eigenvalue weighted by molar-refractivity contribution is 4.75. The zero-order chi connectivity index (χ0) is 11.1. The molecule has 0 saturated heterocycles. The number of hydrogen-bond acceptors (Lipinski definition) is 5. The molecule has 0 radical (unpaired) electrons. The van der Waals surface area contributed by atoms with Crippen LogP contribution in [0.4, 0.5) is 0 Å². The predicted octanol–water partition coefficient (Wildman–Crippen LogP) is -1.60. The summed E-state index contributed by atoms with van der Waals surface area (Å²) in [5, 5.41) is 36.3. The number of nitrogens with zero attached hydrogens (tertiary/aromatic N) is 1. The van der Waals surface area contributed by atoms with Gasteiger partial charge in [-0.05, 0) is 20.0 Å². The standard InChI is InChI=1S/C9H21NO4/c1-3-10(2)5-4-7(12)9(14)8(13)6-11/h7-9,11-14H,3-6H2,1-2H3/t7-,8-,9+/m1/s1. The lowest BCUT2D eigenvalue weighted by Crippen LogP contribution is -2.41. The van der Waals surface area contributed by atoms with E-state index >= 15 is 0 Å². The molecular formula is C9H21NO4. The first kappa shape index (κ1) is 13.8. The van der Waals surface area contributed by atoms with Crippen molar-refractivity contribution < 1.29 is 20.4 Å². The molecule has 0 rings (SSSR count). The Hall–Kier alpha value is -0.200. The molecule has 5 nitrogen and oxygen atoms in total. The molecule has 0 aliphatic carbocycles. The first-order chi connectivity index (χ1) is 6.52. The summed E-state index contributed by atoms with van der Waals surface area (Å²) in [6.07, 6.45) is -3.16. The van der Waals surface area contributed by atoms with Crippen molar-refractivity contribution in [2.75, 3.05) is 26.7 Å². The molecule has 14 heavy (non-hydrogen) atoms. The fourth-order valence-electron chi connectivity index (χ4n) is 1.05. The maximum Gasteiger partial charge on any atom is 0.108 e. The van der Waals surface area contributed by atoms with E-state index in [0.29, 0.717) is 13.0 Å². The number of hydrogen-bond donors (Lipinski definition) is 4. The molecule has 5 heteroatoms. The van der Waals surface area contributed by atoms with E-state index in [1.807, 2.05) is 18.9 Å². The Morgan fingerprint density at radius 1 is 1.14 bits per heavy atom. The highest BCUT2D eigenvalue weighted by Crippen LogP contribution is 2.04. The zero-order valence-corrected chi connectivity index (χ0v) is 8.80. The van der Waals surface area contributed by atoms with Crippen LogP contribution in [0.15, 0.2) is 0 Å². The fraction of sp³-hybridized carbons (Fsp3) is 1.00. The second-order valence-electron chi connectivity index (χ2n) is 3.49. The van der Waals surface area contributed by atoms with Crippen LogP contribution in [0.3, 0.4) is 0 Å². The van der Waals surface area contributed by atoms with Crippen molar-refractivity contribution in [3.63, 3.8) is 0 Å². The average Bonchev–Trinajstić information content (AvgIpc) is 2.22. The van der Waals surface area contributed by atoms with Crippen LogP contribution in [0.5, 0.6) is 0 Å². The zero-order valence-electron chi connectivity index (χ0n) is 8.80. The average molecular weight is 207 g/mol. The van der Waals surface area contributed by atoms with E-state index in [-0.39, 0.29) is 0 Å². The molecule has 4 N–H and O–H groups in total. The normalized spacial score (nSPS) is 18.2. The van der Waals surface area contributed by atoms with Crippen LogP contribution in [-0.2, 0) is 0 Å². The molecule has 3 atom stereocenters. The third-order valence-corrected chi connectivity index (χ3v) is 2.32. The molecule has 0 heterocycles. The van der Waals surface area contributed by atoms with Gasteiger partial charge in [-0.2, -0.15) is 0 Å². The smallest absolute Gasteiger partial charge is 0.108 e. The second-order valence-corrected chi connectivity index (χ2v) is 3.49. The van der Waals surface area contributed by atoms with Crippen LogP contribution in [0.25, 0.3) is 0 Å². The Kier molecular flexibility index (Phi) is 7.04. The number of aliphatic hydroxyl groups excluding tert-OH is 4. The molecule has 0 saturated carbocycles. The predicted molar refractivity (Wildman–Crippen MR) is 52.9 cm³/mol. The van der Waals surface area contributed by atoms with Gasteiger partial charge in [0.05, 0.1) is 12.7 Å². The van der Waals surface area contributed by atoms with Crippen molar-refractivity contribution in [1.29, 1.82) is 0 Å². The van der Waals surface area contributed by atoms with Gasteiger partial charge in [-0.1, -0.05) is 6.92 Å². The molecule has 86 valence electrons. The molecule has 0 amide bonds. The van der Waals surface area contributed by atoms with Crippen LogP contribution in [0.2, 0.25) is 0 Å². The van der Waals surface area contributed by atoms with E-state index < -0.39 is 24.9 Å². The number of rotatable bonds is 7. The van der Waals surface area contributed by atoms with Crippen LogP contribution in [-0.4, -0.2) is 70.4 Å². The van der Waals surface area contributed by atoms with E-state index in [0.717, 1.165) is 6.54 Å². The second kappa shape index (κ2) is 7.14. The third-order valence-electron chi connectivity index (χ3n) is 2.32. The molecule has 0 bridgehead atoms. The quantitative estimate of drug-likeness (QED) is 0.404. The Bertz CT molecular complexity index is 145. The van der Waals surface area contributed by atoms with E-state index in [9.17, 15) is 10.2 Å². The van der Waals surface area contributed by atoms with Crippen LogP contribution in [0, 0.1) is 0 Å². The van der Waals surface area contributed by atoms with E-state index in [1.165, 1.54) is 0 Å². The maximum absolute atomic E-state index is 9.42. The maximum atomic E-state index is 9.42. The summed E-state index contributed by atoms with van der Waals surface area (Å²) in [6, 6.07) is 0. The highest BCUT2D eigenvalue weighted by Gasteiger charge is 2.23. The van der Waals surface area contributed by atoms with Gasteiger partial charge < -0.3 is 25.3 Å². The third kappa shape index (κ3) is 4.88. The topological polar surface area (TPSA) is 84.2 Å². The number of aliphatic hydroxyl groups is 4. The summed E-state index contributed by atoms with van der Waals surface area (Å²) in [5.74, 6) is 0. The van der Waals surface area contributed by atoms with Crippen molar-refractivity contribution in [2.45, 2.75) is 31.7 Å². The highest BCUT2D eigenvalue weighted by atomic mass is 16.4. The summed E-state index contributed by atoms with van der Waals surface area (Å²) in [5.41, 5.74) is 0. The summed E-state index contributed by atoms with van der Waals surface area (Å²) < 4.78 is 0. The monoisotopic (exact) mass is 207 g/mol. The molecule has 0 fully saturated rings. The van der Waals surface area contributed by atoms with Crippen molar-refractivity contribution in [3.05, 3.63) is 0 Å². The largest absolute Gasteiger partial charge is 0.394 e. The molecule has 0 aromatic carbocycles. The van der Waals surface area contributed by atoms with Gasteiger partial charge in [0, 0.05) is 6.54 Å². The van der Waals surface area contributed by atoms with Gasteiger partial charge in [-0.25, -0.2) is 0 Å². The van der Waals surface area contributed by atoms with Crippen molar-refractivity contribution in [3.8, 4) is 0 Å². The summed E-state index contributed by atoms with van der Waals surface area (Å²) >= 11 is 0. The lowest BCUT2D eigenvalue weighted by Gasteiger charge is -2.23. The molecule has 0 aliphatic rings. The lowest BCUT2D eigenvalue weighted by atomic mass is 10.1. The first-order valence-electron chi connectivity index (χ1n) is 4.86. The van der Waals surface area contributed by atoms with Gasteiger partial charge in [0.15, 0.2) is 0 Å². The van der Waals surface area contributed by atoms with Gasteiger partial charge in [0.1, 0.15) is 12.2 Å². The van der Waals surface area contributed by atoms with E-state index in [1.54, 1.807) is 0 Å². The minimum Gasteiger partial charge on any atom is -0.394 e. The van der Waals surface area contributed by atoms with Gasteiger partial charge in [-0.15, -0.1) is 0 Å². The van der Waals surface area contributed by atoms with Crippen molar-refractivity contribution >= 4 is 0 Å². The minimum absolute atomic E-state index is 0.378. The summed E-state index contributed by atoms with van der Waals surface area (Å²) in [6.45, 7) is 2.96. The molecule has 0 unspecified atom stereocenters. The first-order valence-corrected chi connectivity index (χ1v) is 4.86. The Morgan fingerprint density at radius 2 is 1.71 bits per heavy atom. The SMILES string of the molecule is CCN(C)CC[C@@H](O)[C@H](O)[C@H](O)CO. The van der Waals surface area contributed by atoms with Crippen molar-refractivity contribution in [2.24, 2.45) is 0 Å². The molecule has 0 aromatic heterocycles. The summed E-state index contributed by atoms with van der Waals surface area (Å²) in [4.78, 5) is 1.99. The minimum atomic E-state index is -1.27. The molecule has 0 spiro atoms. The lowest BCUT2D eigenvalue weighted by molar-refractivity contribution is -0.0795. The summed E-state index contributed by atoms with van der Waals surface area (Å²) in [7, 11) is 1.90. The Balaban J connectivity index is 3.77. The fourth-order valence-corrected chi connectivity index (χ4v) is 1.05. The van der Waals surface area contributed by atoms with E-state index in [2.05, 4.69) is 0 Å². The van der Waals surface area contributed by atoms with Crippen molar-refractivity contribution in [1.82, 2.24) is 4.90 Å². The van der Waals surface area contributed by atoms with Gasteiger partial charge in [0.2, 0.25) is 0 Å². The van der Waals surface area contributed by atoms with Gasteiger partial charge >= 0.3 is 0 Å². The Morgan fingerprint density at radius 3 is 2.14 bits per heavy atom. The van der Waals surface area contributed by atoms with Gasteiger partial charge in [-0.3, -0.25) is 0 Å². The molecule has 0 aromatic rings. The van der Waals surface area contributed by atoms with Crippen LogP contribution < -0.4 is 0 Å². The van der Waals surface area contributed by atoms with Crippen LogP contribution in [0.1, 0.15) is 13.3 Å². The molecule has 0 aliphatic heterocycles. The molecular weight excluding hydrogens is 186 g/mol. The Labute approximate surface area is 84.6 Å².